The van der Waals surface area contributed by atoms with Gasteiger partial charge in [0.25, 0.3) is 5.91 Å². The first-order valence-electron chi connectivity index (χ1n) is 20.3. The van der Waals surface area contributed by atoms with Crippen LogP contribution in [0, 0.1) is 24.7 Å². The number of nitrogens with one attached hydrogen (secondary N) is 2. The van der Waals surface area contributed by atoms with Crippen LogP contribution in [-0.4, -0.2) is 84.3 Å². The predicted molar refractivity (Wildman–Crippen MR) is 209 cm³/mol. The second kappa shape index (κ2) is 15.2. The zero-order valence-corrected chi connectivity index (χ0v) is 34.3. The number of allylic oxidation sites excluding steroid dienone is 1. The number of amides is 3. The minimum absolute atomic E-state index is 0.00189. The lowest BCUT2D eigenvalue weighted by Crippen LogP contribution is -2.57. The molecule has 2 saturated carbocycles. The number of aromatic nitrogens is 1. The summed E-state index contributed by atoms with van der Waals surface area (Å²) in [5, 5.41) is 3.52. The van der Waals surface area contributed by atoms with Crippen molar-refractivity contribution in [1.82, 2.24) is 19.9 Å². The number of alkyl halides is 1. The summed E-state index contributed by atoms with van der Waals surface area (Å²) in [5.74, 6) is -1.39. The number of ether oxygens (including phenoxy) is 3. The van der Waals surface area contributed by atoms with E-state index in [1.165, 1.54) is 4.90 Å². The van der Waals surface area contributed by atoms with Gasteiger partial charge in [-0.25, -0.2) is 17.8 Å². The zero-order chi connectivity index (χ0) is 40.2. The van der Waals surface area contributed by atoms with Crippen molar-refractivity contribution in [3.63, 3.8) is 0 Å². The lowest BCUT2D eigenvalue weighted by atomic mass is 9.86. The highest BCUT2D eigenvalue weighted by molar-refractivity contribution is 7.91. The van der Waals surface area contributed by atoms with Gasteiger partial charge in [0.15, 0.2) is 0 Å². The number of carbonyl (C=O) groups is 3. The lowest BCUT2D eigenvalue weighted by molar-refractivity contribution is -0.143. The fourth-order valence-corrected chi connectivity index (χ4v) is 9.95. The van der Waals surface area contributed by atoms with Crippen molar-refractivity contribution in [3.05, 3.63) is 41.6 Å². The largest absolute Gasteiger partial charge is 0.497 e. The van der Waals surface area contributed by atoms with Crippen molar-refractivity contribution < 1.29 is 41.4 Å². The second-order valence-electron chi connectivity index (χ2n) is 17.5. The van der Waals surface area contributed by atoms with E-state index in [1.807, 2.05) is 19.1 Å². The number of benzene rings is 1. The molecule has 2 N–H and O–H groups in total. The number of carbonyl (C=O) groups excluding carboxylic acids is 3. The van der Waals surface area contributed by atoms with E-state index in [4.69, 9.17) is 19.2 Å². The molecule has 0 unspecified atom stereocenters. The van der Waals surface area contributed by atoms with Gasteiger partial charge in [-0.05, 0) is 89.8 Å². The van der Waals surface area contributed by atoms with Crippen LogP contribution < -0.4 is 19.5 Å². The number of fused-ring (bicyclic) bond motifs is 5. The van der Waals surface area contributed by atoms with Gasteiger partial charge in [-0.3, -0.25) is 19.1 Å². The molecule has 3 fully saturated rings. The van der Waals surface area contributed by atoms with Crippen molar-refractivity contribution in [2.24, 2.45) is 17.8 Å². The SMILES string of the molecule is COc1ccc2nc(C)c3c(c2c1)[C@H](F)C[C@]1(C[C@H]2C(=O)N[C@]4(C(=O)NS(=O)(=O)C5(C)CC5)C[C@H]4/C=C\CCCCC[C@H](CCO[C@@H](C)C(C)C)C(=O)N2C1)O3. The second-order valence-corrected chi connectivity index (χ2v) is 19.7. The highest BCUT2D eigenvalue weighted by Crippen LogP contribution is 2.52. The Balaban J connectivity index is 1.24. The van der Waals surface area contributed by atoms with E-state index >= 15 is 4.39 Å². The van der Waals surface area contributed by atoms with E-state index in [0.29, 0.717) is 66.1 Å². The topological polar surface area (TPSA) is 153 Å². The van der Waals surface area contributed by atoms with E-state index in [-0.39, 0.29) is 43.6 Å². The van der Waals surface area contributed by atoms with Crippen LogP contribution in [0.1, 0.15) is 116 Å². The van der Waals surface area contributed by atoms with E-state index in [1.54, 1.807) is 39.2 Å². The molecule has 7 atom stereocenters. The molecule has 4 heterocycles. The van der Waals surface area contributed by atoms with Crippen LogP contribution in [0.3, 0.4) is 0 Å². The van der Waals surface area contributed by atoms with Crippen molar-refractivity contribution in [2.45, 2.75) is 139 Å². The fourth-order valence-electron chi connectivity index (χ4n) is 8.64. The maximum atomic E-state index is 16.8. The summed E-state index contributed by atoms with van der Waals surface area (Å²) in [6.45, 7) is 9.85. The van der Waals surface area contributed by atoms with Gasteiger partial charge in [0, 0.05) is 42.2 Å². The molecule has 1 aromatic heterocycles. The smallest absolute Gasteiger partial charge is 0.259 e. The Hall–Kier alpha value is -3.78. The molecule has 1 saturated heterocycles. The van der Waals surface area contributed by atoms with Crippen LogP contribution in [0.4, 0.5) is 4.39 Å². The van der Waals surface area contributed by atoms with Crippen LogP contribution in [0.5, 0.6) is 11.5 Å². The van der Waals surface area contributed by atoms with Crippen LogP contribution in [0.2, 0.25) is 0 Å². The lowest BCUT2D eigenvalue weighted by Gasteiger charge is -2.38. The Bertz CT molecular complexity index is 2020. The summed E-state index contributed by atoms with van der Waals surface area (Å²) in [5.41, 5.74) is -1.34. The molecule has 5 aliphatic rings. The third-order valence-corrected chi connectivity index (χ3v) is 15.2. The number of sulfonamides is 1. The van der Waals surface area contributed by atoms with Crippen molar-refractivity contribution in [1.29, 1.82) is 0 Å². The van der Waals surface area contributed by atoms with E-state index < -0.39 is 61.8 Å². The quantitative estimate of drug-likeness (QED) is 0.285. The Morgan fingerprint density at radius 3 is 2.62 bits per heavy atom. The van der Waals surface area contributed by atoms with Gasteiger partial charge in [0.2, 0.25) is 21.8 Å². The molecule has 3 aliphatic heterocycles. The Morgan fingerprint density at radius 2 is 1.91 bits per heavy atom. The molecule has 1 spiro atoms. The number of hydrogen-bond acceptors (Lipinski definition) is 9. The first-order valence-corrected chi connectivity index (χ1v) is 21.8. The van der Waals surface area contributed by atoms with Crippen LogP contribution in [-0.2, 0) is 29.1 Å². The summed E-state index contributed by atoms with van der Waals surface area (Å²) in [6, 6.07) is 4.18. The maximum absolute atomic E-state index is 16.8. The minimum atomic E-state index is -3.99. The van der Waals surface area contributed by atoms with Crippen molar-refractivity contribution in [3.8, 4) is 11.5 Å². The fraction of sp³-hybridized carbons (Fsp3) is 0.667. The number of hydrogen-bond donors (Lipinski definition) is 2. The maximum Gasteiger partial charge on any atom is 0.259 e. The van der Waals surface area contributed by atoms with E-state index in [9.17, 15) is 22.8 Å². The average Bonchev–Trinajstić information content (AvgIpc) is 4.04. The minimum Gasteiger partial charge on any atom is -0.497 e. The number of rotatable bonds is 9. The number of methoxy groups -OCH3 is 1. The average molecular weight is 797 g/mol. The van der Waals surface area contributed by atoms with Crippen LogP contribution in [0.15, 0.2) is 30.4 Å². The third-order valence-electron chi connectivity index (χ3n) is 13.0. The van der Waals surface area contributed by atoms with E-state index in [0.717, 1.165) is 25.7 Å². The van der Waals surface area contributed by atoms with E-state index in [2.05, 4.69) is 23.9 Å². The highest BCUT2D eigenvalue weighted by atomic mass is 32.2. The summed E-state index contributed by atoms with van der Waals surface area (Å²) in [6.07, 6.45) is 7.69. The molecular weight excluding hydrogens is 740 g/mol. The number of aryl methyl sites for hydroxylation is 1. The predicted octanol–water partition coefficient (Wildman–Crippen LogP) is 6.15. The van der Waals surface area contributed by atoms with Crippen molar-refractivity contribution in [2.75, 3.05) is 20.3 Å². The Labute approximate surface area is 329 Å². The molecule has 0 bridgehead atoms. The first-order chi connectivity index (χ1) is 26.5. The summed E-state index contributed by atoms with van der Waals surface area (Å²) < 4.78 is 62.9. The number of nitrogens with zero attached hydrogens (tertiary/aromatic N) is 2. The molecule has 56 heavy (non-hydrogen) atoms. The van der Waals surface area contributed by atoms with Gasteiger partial charge >= 0.3 is 0 Å². The van der Waals surface area contributed by atoms with Gasteiger partial charge in [-0.1, -0.05) is 38.8 Å². The first kappa shape index (κ1) is 40.4. The summed E-state index contributed by atoms with van der Waals surface area (Å²) in [7, 11) is -2.45. The molecular formula is C42H57FN4O8S. The van der Waals surface area contributed by atoms with Gasteiger partial charge in [-0.2, -0.15) is 0 Å². The monoisotopic (exact) mass is 796 g/mol. The molecule has 2 aromatic rings. The standard InChI is InChI=1S/C42H57FN4O8S/c1-25(2)27(4)54-19-16-28-12-10-8-7-9-11-13-29-21-42(29,39(50)46-56(51,52)40(5)17-18-40)45-37(48)34-23-41(24-47(34)38(28)49)22-32(43)35-31-20-30(53-6)14-15-33(31)44-26(3)36(35)55-41/h11,13-15,20,25,27-29,32,34H,7-10,12,16-19,21-24H2,1-6H3,(H,45,48)(H,46,50)/b13-11-/t27-,28+,29+,32+,34-,41+,42+/m0/s1. The molecule has 1 aromatic carbocycles. The normalized spacial score (nSPS) is 31.2. The Morgan fingerprint density at radius 1 is 1.14 bits per heavy atom. The van der Waals surface area contributed by atoms with Crippen molar-refractivity contribution >= 4 is 38.6 Å². The molecule has 0 radical (unpaired) electrons. The van der Waals surface area contributed by atoms with Gasteiger partial charge in [-0.15, -0.1) is 0 Å². The molecule has 3 amide bonds. The molecule has 12 nitrogen and oxygen atoms in total. The van der Waals surface area contributed by atoms with Gasteiger partial charge in [0.1, 0.15) is 34.9 Å². The zero-order valence-electron chi connectivity index (χ0n) is 33.5. The molecule has 7 rings (SSSR count). The van der Waals surface area contributed by atoms with Crippen LogP contribution >= 0.6 is 0 Å². The van der Waals surface area contributed by atoms with Crippen LogP contribution in [0.25, 0.3) is 10.9 Å². The number of halogens is 1. The summed E-state index contributed by atoms with van der Waals surface area (Å²) in [4.78, 5) is 49.7. The Kier molecular flexibility index (Phi) is 11.0. The molecule has 2 aliphatic carbocycles. The third kappa shape index (κ3) is 7.64. The molecule has 306 valence electrons. The van der Waals surface area contributed by atoms with Gasteiger partial charge < -0.3 is 24.4 Å². The molecule has 14 heteroatoms. The number of pyridine rings is 1. The summed E-state index contributed by atoms with van der Waals surface area (Å²) >= 11 is 0. The van der Waals surface area contributed by atoms with Gasteiger partial charge in [0.05, 0.1) is 35.7 Å². The highest BCUT2D eigenvalue weighted by Gasteiger charge is 2.64.